The molecule has 1 aliphatic carbocycles. The van der Waals surface area contributed by atoms with E-state index < -0.39 is 34.7 Å². The Morgan fingerprint density at radius 1 is 1.30 bits per heavy atom. The lowest BCUT2D eigenvalue weighted by Crippen LogP contribution is -2.49. The van der Waals surface area contributed by atoms with Crippen molar-refractivity contribution in [3.63, 3.8) is 0 Å². The zero-order valence-electron chi connectivity index (χ0n) is 11.4. The summed E-state index contributed by atoms with van der Waals surface area (Å²) in [6, 6.07) is 0.438. The van der Waals surface area contributed by atoms with Crippen molar-refractivity contribution in [1.82, 2.24) is 5.32 Å². The lowest BCUT2D eigenvalue weighted by Gasteiger charge is -2.26. The van der Waals surface area contributed by atoms with E-state index in [4.69, 9.17) is 11.6 Å². The molecule has 2 atom stereocenters. The predicted octanol–water partition coefficient (Wildman–Crippen LogP) is 3.63. The van der Waals surface area contributed by atoms with Crippen LogP contribution in [0, 0.1) is 0 Å². The zero-order valence-corrected chi connectivity index (χ0v) is 12.1. The summed E-state index contributed by atoms with van der Waals surface area (Å²) >= 11 is 5.46. The van der Waals surface area contributed by atoms with Gasteiger partial charge >= 0.3 is 12.2 Å². The van der Waals surface area contributed by atoms with Crippen molar-refractivity contribution in [1.29, 1.82) is 0 Å². The Kier molecular flexibility index (Phi) is 4.67. The van der Waals surface area contributed by atoms with Gasteiger partial charge in [0.25, 0.3) is 0 Å². The molecular weight excluding hydrogens is 340 g/mol. The van der Waals surface area contributed by atoms with Crippen LogP contribution in [0.2, 0.25) is 5.02 Å². The number of hydrogen-bond acceptors (Lipinski definition) is 2. The van der Waals surface area contributed by atoms with Gasteiger partial charge < -0.3 is 15.7 Å². The van der Waals surface area contributed by atoms with Gasteiger partial charge in [-0.1, -0.05) is 29.8 Å². The number of aliphatic hydroxyl groups is 1. The summed E-state index contributed by atoms with van der Waals surface area (Å²) in [5.74, 6) is -2.79. The van der Waals surface area contributed by atoms with Crippen molar-refractivity contribution < 1.29 is 27.5 Å². The molecule has 1 aromatic carbocycles. The number of carbonyl (C=O) groups is 1. The highest BCUT2D eigenvalue weighted by Gasteiger charge is 2.35. The summed E-state index contributed by atoms with van der Waals surface area (Å²) < 4.78 is 51.9. The first-order valence-corrected chi connectivity index (χ1v) is 6.69. The number of urea groups is 1. The number of rotatable bonds is 2. The van der Waals surface area contributed by atoms with Crippen LogP contribution in [-0.2, 0) is 6.18 Å². The first kappa shape index (κ1) is 17.3. The van der Waals surface area contributed by atoms with Crippen LogP contribution in [-0.4, -0.2) is 23.0 Å². The van der Waals surface area contributed by atoms with Crippen LogP contribution in [0.3, 0.4) is 0 Å². The Hall–Kier alpha value is -2.06. The second-order valence-electron chi connectivity index (χ2n) is 4.74. The average molecular weight is 351 g/mol. The summed E-state index contributed by atoms with van der Waals surface area (Å²) in [4.78, 5) is 11.7. The summed E-state index contributed by atoms with van der Waals surface area (Å²) in [6.07, 6.45) is 0.0137. The van der Waals surface area contributed by atoms with E-state index in [9.17, 15) is 27.5 Å². The second kappa shape index (κ2) is 6.21. The van der Waals surface area contributed by atoms with Gasteiger partial charge in [0.05, 0.1) is 10.6 Å². The number of allylic oxidation sites excluding steroid dienone is 2. The molecule has 0 saturated carbocycles. The average Bonchev–Trinajstić information content (AvgIpc) is 2.42. The maximum absolute atomic E-state index is 13.7. The summed E-state index contributed by atoms with van der Waals surface area (Å²) in [5.41, 5.74) is -1.29. The molecule has 2 unspecified atom stereocenters. The molecule has 9 heteroatoms. The van der Waals surface area contributed by atoms with E-state index in [1.54, 1.807) is 0 Å². The first-order valence-electron chi connectivity index (χ1n) is 6.31. The van der Waals surface area contributed by atoms with E-state index in [0.717, 1.165) is 18.2 Å². The smallest absolute Gasteiger partial charge is 0.357 e. The molecule has 2 rings (SSSR count). The summed E-state index contributed by atoms with van der Waals surface area (Å²) in [7, 11) is 0. The van der Waals surface area contributed by atoms with Gasteiger partial charge in [-0.25, -0.2) is 9.18 Å². The lowest BCUT2D eigenvalue weighted by atomic mass is 10.0. The highest BCUT2D eigenvalue weighted by molar-refractivity contribution is 6.31. The van der Waals surface area contributed by atoms with Crippen molar-refractivity contribution in [2.45, 2.75) is 18.1 Å². The topological polar surface area (TPSA) is 61.4 Å². The Bertz CT molecular complexity index is 671. The highest BCUT2D eigenvalue weighted by Crippen LogP contribution is 2.36. The minimum Gasteiger partial charge on any atom is -0.357 e. The number of alkyl halides is 4. The molecule has 0 fully saturated rings. The van der Waals surface area contributed by atoms with Gasteiger partial charge in [0.1, 0.15) is 6.04 Å². The SMILES string of the molecule is O=C(Nc1ccc(Cl)c(C(F)(F)F)c1)NC1C=CC=CC1(O)F. The standard InChI is InChI=1S/C14H11ClF4N2O2/c15-10-5-4-8(7-9(10)14(17,18)19)20-12(22)21-11-3-1-2-6-13(11,16)23/h1-7,11,23H,(H2,20,21,22). The van der Waals surface area contributed by atoms with E-state index in [2.05, 4.69) is 10.6 Å². The van der Waals surface area contributed by atoms with Crippen molar-refractivity contribution in [3.8, 4) is 0 Å². The minimum absolute atomic E-state index is 0.183. The van der Waals surface area contributed by atoms with E-state index >= 15 is 0 Å². The largest absolute Gasteiger partial charge is 0.417 e. The third-order valence-electron chi connectivity index (χ3n) is 3.00. The molecule has 0 aromatic heterocycles. The van der Waals surface area contributed by atoms with E-state index in [-0.39, 0.29) is 5.69 Å². The predicted molar refractivity (Wildman–Crippen MR) is 76.7 cm³/mol. The summed E-state index contributed by atoms with van der Waals surface area (Å²) in [6.45, 7) is 0. The Morgan fingerprint density at radius 3 is 2.61 bits per heavy atom. The maximum Gasteiger partial charge on any atom is 0.417 e. The normalized spacial score (nSPS) is 23.7. The molecule has 0 aliphatic heterocycles. The molecule has 1 aliphatic rings. The number of halogens is 5. The third kappa shape index (κ3) is 4.23. The second-order valence-corrected chi connectivity index (χ2v) is 5.15. The number of carbonyl (C=O) groups excluding carboxylic acids is 1. The van der Waals surface area contributed by atoms with Crippen LogP contribution in [0.15, 0.2) is 42.5 Å². The Labute approximate surface area is 133 Å². The van der Waals surface area contributed by atoms with Crippen LogP contribution in [0.5, 0.6) is 0 Å². The lowest BCUT2D eigenvalue weighted by molar-refractivity contribution is -0.137. The van der Waals surface area contributed by atoms with Crippen LogP contribution in [0.25, 0.3) is 0 Å². The fraction of sp³-hybridized carbons (Fsp3) is 0.214. The van der Waals surface area contributed by atoms with Crippen molar-refractivity contribution in [2.75, 3.05) is 5.32 Å². The molecule has 23 heavy (non-hydrogen) atoms. The number of amides is 2. The van der Waals surface area contributed by atoms with Crippen LogP contribution in [0.1, 0.15) is 5.56 Å². The molecule has 0 spiro atoms. The van der Waals surface area contributed by atoms with Crippen molar-refractivity contribution in [3.05, 3.63) is 53.1 Å². The molecular formula is C14H11ClF4N2O2. The van der Waals surface area contributed by atoms with Gasteiger partial charge in [-0.3, -0.25) is 0 Å². The monoisotopic (exact) mass is 350 g/mol. The van der Waals surface area contributed by atoms with Crippen LogP contribution < -0.4 is 10.6 Å². The van der Waals surface area contributed by atoms with Gasteiger partial charge in [-0.05, 0) is 24.3 Å². The number of benzene rings is 1. The fourth-order valence-electron chi connectivity index (χ4n) is 1.88. The molecule has 4 nitrogen and oxygen atoms in total. The van der Waals surface area contributed by atoms with Crippen LogP contribution in [0.4, 0.5) is 28.0 Å². The van der Waals surface area contributed by atoms with E-state index in [0.29, 0.717) is 6.07 Å². The molecule has 0 heterocycles. The molecule has 3 N–H and O–H groups in total. The Morgan fingerprint density at radius 2 is 2.00 bits per heavy atom. The number of nitrogens with one attached hydrogen (secondary N) is 2. The van der Waals surface area contributed by atoms with Gasteiger partial charge in [-0.15, -0.1) is 0 Å². The van der Waals surface area contributed by atoms with Crippen molar-refractivity contribution >= 4 is 23.3 Å². The number of hydrogen-bond donors (Lipinski definition) is 3. The van der Waals surface area contributed by atoms with Crippen molar-refractivity contribution in [2.24, 2.45) is 0 Å². The molecule has 124 valence electrons. The van der Waals surface area contributed by atoms with Gasteiger partial charge in [0.15, 0.2) is 0 Å². The molecule has 0 bridgehead atoms. The minimum atomic E-state index is -4.68. The van der Waals surface area contributed by atoms with E-state index in [1.807, 2.05) is 0 Å². The third-order valence-corrected chi connectivity index (χ3v) is 3.33. The molecule has 2 amide bonds. The zero-order chi connectivity index (χ0) is 17.3. The molecule has 1 aromatic rings. The highest BCUT2D eigenvalue weighted by atomic mass is 35.5. The first-order chi connectivity index (χ1) is 10.6. The Balaban J connectivity index is 2.09. The van der Waals surface area contributed by atoms with Gasteiger partial charge in [0, 0.05) is 5.69 Å². The van der Waals surface area contributed by atoms with Crippen LogP contribution >= 0.6 is 11.6 Å². The number of anilines is 1. The van der Waals surface area contributed by atoms with Gasteiger partial charge in [-0.2, -0.15) is 13.2 Å². The summed E-state index contributed by atoms with van der Waals surface area (Å²) in [5, 5.41) is 13.1. The van der Waals surface area contributed by atoms with Gasteiger partial charge in [0.2, 0.25) is 5.85 Å². The molecule has 0 radical (unpaired) electrons. The van der Waals surface area contributed by atoms with E-state index in [1.165, 1.54) is 18.2 Å². The fourth-order valence-corrected chi connectivity index (χ4v) is 2.11. The quantitative estimate of drug-likeness (QED) is 0.713. The molecule has 0 saturated heterocycles. The maximum atomic E-state index is 13.7.